The number of likely N-dealkylation sites (tertiary alicyclic amines) is 1. The van der Waals surface area contributed by atoms with Crippen LogP contribution in [-0.2, 0) is 0 Å². The second-order valence-electron chi connectivity index (χ2n) is 5.68. The first-order valence-electron chi connectivity index (χ1n) is 7.52. The van der Waals surface area contributed by atoms with Crippen LogP contribution in [0.3, 0.4) is 0 Å². The van der Waals surface area contributed by atoms with Crippen LogP contribution in [0.1, 0.15) is 19.8 Å². The second kappa shape index (κ2) is 8.80. The van der Waals surface area contributed by atoms with E-state index in [9.17, 15) is 13.2 Å². The van der Waals surface area contributed by atoms with E-state index in [1.807, 2.05) is 4.90 Å². The molecule has 10 heteroatoms. The molecule has 1 atom stereocenters. The van der Waals surface area contributed by atoms with Gasteiger partial charge in [-0.1, -0.05) is 6.92 Å². The van der Waals surface area contributed by atoms with Gasteiger partial charge in [0.2, 0.25) is 5.96 Å². The number of ether oxygens (including phenoxy) is 1. The minimum absolute atomic E-state index is 0. The number of hydrogen-bond donors (Lipinski definition) is 2. The van der Waals surface area contributed by atoms with Crippen molar-refractivity contribution in [3.05, 3.63) is 24.3 Å². The van der Waals surface area contributed by atoms with Crippen LogP contribution < -0.4 is 16.2 Å². The minimum Gasteiger partial charge on any atom is -0.406 e. The van der Waals surface area contributed by atoms with Crippen molar-refractivity contribution in [1.82, 2.24) is 4.90 Å². The summed E-state index contributed by atoms with van der Waals surface area (Å²) in [5.41, 5.74) is 12.0. The predicted molar refractivity (Wildman–Crippen MR) is 93.2 cm³/mol. The first kappa shape index (κ1) is 20.9. The summed E-state index contributed by atoms with van der Waals surface area (Å²) in [6, 6.07) is 5.00. The third-order valence-electron chi connectivity index (χ3n) is 3.52. The molecule has 1 fully saturated rings. The summed E-state index contributed by atoms with van der Waals surface area (Å²) in [5.74, 6) is 0.437. The molecule has 1 aromatic carbocycles. The maximum atomic E-state index is 12.1. The molecular formula is C15H21ClF3N5O. The molecule has 1 aromatic rings. The zero-order valence-corrected chi connectivity index (χ0v) is 14.5. The van der Waals surface area contributed by atoms with Crippen LogP contribution in [-0.4, -0.2) is 36.3 Å². The molecule has 140 valence electrons. The summed E-state index contributed by atoms with van der Waals surface area (Å²) in [5, 5.41) is 0. The largest absolute Gasteiger partial charge is 0.573 e. The van der Waals surface area contributed by atoms with Crippen LogP contribution in [0.15, 0.2) is 34.3 Å². The van der Waals surface area contributed by atoms with Crippen LogP contribution in [0.4, 0.5) is 18.9 Å². The second-order valence-corrected chi connectivity index (χ2v) is 5.68. The molecule has 25 heavy (non-hydrogen) atoms. The standard InChI is InChI=1S/C15H20F3N5O.ClH/c1-10-3-2-8-23(9-10)14(20)22-13(19)21-11-4-6-12(7-5-11)24-15(16,17)18;/h4-7,10H,2-3,8-9H2,1H3,(H4,19,20,21,22);1H. The fourth-order valence-electron chi connectivity index (χ4n) is 2.47. The van der Waals surface area contributed by atoms with E-state index in [0.29, 0.717) is 17.6 Å². The van der Waals surface area contributed by atoms with Crippen LogP contribution in [0.2, 0.25) is 0 Å². The third-order valence-corrected chi connectivity index (χ3v) is 3.52. The van der Waals surface area contributed by atoms with E-state index in [1.54, 1.807) is 0 Å². The maximum absolute atomic E-state index is 12.1. The van der Waals surface area contributed by atoms with Gasteiger partial charge in [-0.05, 0) is 43.0 Å². The average Bonchev–Trinajstić information content (AvgIpc) is 2.47. The van der Waals surface area contributed by atoms with Crippen molar-refractivity contribution in [3.63, 3.8) is 0 Å². The summed E-state index contributed by atoms with van der Waals surface area (Å²) in [6.45, 7) is 3.77. The van der Waals surface area contributed by atoms with Crippen LogP contribution in [0.25, 0.3) is 0 Å². The van der Waals surface area contributed by atoms with Crippen LogP contribution in [0.5, 0.6) is 5.75 Å². The molecule has 6 nitrogen and oxygen atoms in total. The fraction of sp³-hybridized carbons (Fsp3) is 0.467. The lowest BCUT2D eigenvalue weighted by Gasteiger charge is -2.31. The highest BCUT2D eigenvalue weighted by atomic mass is 35.5. The molecule has 0 aromatic heterocycles. The predicted octanol–water partition coefficient (Wildman–Crippen LogP) is 3.00. The number of alkyl halides is 3. The molecule has 1 heterocycles. The summed E-state index contributed by atoms with van der Waals surface area (Å²) in [4.78, 5) is 10.0. The first-order chi connectivity index (χ1) is 11.2. The van der Waals surface area contributed by atoms with E-state index < -0.39 is 6.36 Å². The van der Waals surface area contributed by atoms with Crippen LogP contribution in [0, 0.1) is 5.92 Å². The van der Waals surface area contributed by atoms with Gasteiger partial charge in [0.25, 0.3) is 0 Å². The number of aliphatic imine (C=N–C) groups is 2. The highest BCUT2D eigenvalue weighted by Gasteiger charge is 2.30. The van der Waals surface area contributed by atoms with Gasteiger partial charge in [-0.3, -0.25) is 0 Å². The SMILES string of the molecule is CC1CCCN(C(N)=NC(N)=Nc2ccc(OC(F)(F)F)cc2)C1.Cl. The number of nitrogens with zero attached hydrogens (tertiary/aromatic N) is 3. The van der Waals surface area contributed by atoms with Crippen LogP contribution >= 0.6 is 12.4 Å². The fourth-order valence-corrected chi connectivity index (χ4v) is 2.47. The summed E-state index contributed by atoms with van der Waals surface area (Å²) in [7, 11) is 0. The highest BCUT2D eigenvalue weighted by molar-refractivity contribution is 5.94. The van der Waals surface area contributed by atoms with Gasteiger partial charge in [0, 0.05) is 13.1 Å². The van der Waals surface area contributed by atoms with Gasteiger partial charge in [-0.25, -0.2) is 4.99 Å². The zero-order valence-electron chi connectivity index (χ0n) is 13.7. The quantitative estimate of drug-likeness (QED) is 0.610. The van der Waals surface area contributed by atoms with Gasteiger partial charge >= 0.3 is 6.36 Å². The lowest BCUT2D eigenvalue weighted by molar-refractivity contribution is -0.274. The number of hydrogen-bond acceptors (Lipinski definition) is 2. The Morgan fingerprint density at radius 2 is 1.88 bits per heavy atom. The molecule has 0 saturated carbocycles. The summed E-state index contributed by atoms with van der Waals surface area (Å²) < 4.78 is 40.1. The molecule has 0 amide bonds. The monoisotopic (exact) mass is 379 g/mol. The lowest BCUT2D eigenvalue weighted by atomic mass is 10.0. The van der Waals surface area contributed by atoms with Crippen molar-refractivity contribution in [2.75, 3.05) is 13.1 Å². The highest BCUT2D eigenvalue weighted by Crippen LogP contribution is 2.24. The van der Waals surface area contributed by atoms with Crippen molar-refractivity contribution >= 4 is 30.0 Å². The van der Waals surface area contributed by atoms with Crippen molar-refractivity contribution in [2.45, 2.75) is 26.1 Å². The van der Waals surface area contributed by atoms with E-state index in [0.717, 1.165) is 38.1 Å². The molecule has 0 aliphatic carbocycles. The Morgan fingerprint density at radius 1 is 1.24 bits per heavy atom. The van der Waals surface area contributed by atoms with Gasteiger partial charge in [0.15, 0.2) is 5.96 Å². The Balaban J connectivity index is 0.00000312. The number of piperidine rings is 1. The van der Waals surface area contributed by atoms with Gasteiger partial charge in [0.05, 0.1) is 5.69 Å². The molecule has 1 aliphatic heterocycles. The van der Waals surface area contributed by atoms with E-state index in [4.69, 9.17) is 11.5 Å². The molecule has 1 saturated heterocycles. The van der Waals surface area contributed by atoms with Gasteiger partial charge in [0.1, 0.15) is 5.75 Å². The molecule has 0 radical (unpaired) electrons. The molecule has 2 rings (SSSR count). The van der Waals surface area contributed by atoms with Gasteiger partial charge in [-0.15, -0.1) is 25.6 Å². The molecule has 0 bridgehead atoms. The normalized spacial score (nSPS) is 19.4. The van der Waals surface area contributed by atoms with Gasteiger partial charge < -0.3 is 21.1 Å². The Morgan fingerprint density at radius 3 is 2.44 bits per heavy atom. The Bertz CT molecular complexity index is 619. The topological polar surface area (TPSA) is 89.2 Å². The summed E-state index contributed by atoms with van der Waals surface area (Å²) in [6.07, 6.45) is -2.54. The number of benzene rings is 1. The first-order valence-corrected chi connectivity index (χ1v) is 7.52. The smallest absolute Gasteiger partial charge is 0.406 e. The van der Waals surface area contributed by atoms with E-state index >= 15 is 0 Å². The third kappa shape index (κ3) is 7.08. The Kier molecular flexibility index (Phi) is 7.35. The number of halogens is 4. The summed E-state index contributed by atoms with van der Waals surface area (Å²) >= 11 is 0. The molecule has 4 N–H and O–H groups in total. The minimum atomic E-state index is -4.73. The van der Waals surface area contributed by atoms with Crippen molar-refractivity contribution in [3.8, 4) is 5.75 Å². The van der Waals surface area contributed by atoms with Gasteiger partial charge in [-0.2, -0.15) is 4.99 Å². The molecule has 1 aliphatic rings. The number of guanidine groups is 2. The van der Waals surface area contributed by atoms with E-state index in [2.05, 4.69) is 21.6 Å². The van der Waals surface area contributed by atoms with Crippen molar-refractivity contribution in [1.29, 1.82) is 0 Å². The number of rotatable bonds is 2. The number of nitrogens with two attached hydrogens (primary N) is 2. The van der Waals surface area contributed by atoms with E-state index in [-0.39, 0.29) is 24.1 Å². The lowest BCUT2D eigenvalue weighted by Crippen LogP contribution is -2.44. The molecular weight excluding hydrogens is 359 g/mol. The zero-order chi connectivity index (χ0) is 17.7. The maximum Gasteiger partial charge on any atom is 0.573 e. The molecule has 0 spiro atoms. The van der Waals surface area contributed by atoms with E-state index in [1.165, 1.54) is 12.1 Å². The average molecular weight is 380 g/mol. The molecule has 1 unspecified atom stereocenters. The van der Waals surface area contributed by atoms with Crippen molar-refractivity contribution in [2.24, 2.45) is 27.4 Å². The Labute approximate surface area is 150 Å². The van der Waals surface area contributed by atoms with Crippen molar-refractivity contribution < 1.29 is 17.9 Å². The Hall–Kier alpha value is -2.16.